The molecule has 1 rings (SSSR count). The monoisotopic (exact) mass is 257 g/mol. The summed E-state index contributed by atoms with van der Waals surface area (Å²) in [5.41, 5.74) is 6.05. The summed E-state index contributed by atoms with van der Waals surface area (Å²) in [6, 6.07) is 3.27. The fourth-order valence-corrected chi connectivity index (χ4v) is 1.47. The van der Waals surface area contributed by atoms with Gasteiger partial charge >= 0.3 is 0 Å². The summed E-state index contributed by atoms with van der Waals surface area (Å²) >= 11 is 0. The van der Waals surface area contributed by atoms with Crippen LogP contribution in [-0.4, -0.2) is 25.7 Å². The second kappa shape index (κ2) is 6.90. The molecule has 0 fully saturated rings. The van der Waals surface area contributed by atoms with E-state index in [9.17, 15) is 8.78 Å². The van der Waals surface area contributed by atoms with E-state index in [1.165, 1.54) is 12.1 Å². The lowest BCUT2D eigenvalue weighted by atomic mass is 10.2. The molecule has 0 aliphatic rings. The second-order valence-corrected chi connectivity index (χ2v) is 3.98. The van der Waals surface area contributed by atoms with Crippen LogP contribution in [0.25, 0.3) is 0 Å². The van der Waals surface area contributed by atoms with Crippen LogP contribution in [0.15, 0.2) is 23.2 Å². The van der Waals surface area contributed by atoms with E-state index in [-0.39, 0.29) is 18.5 Å². The fraction of sp³-hybridized carbons (Fsp3) is 0.417. The number of benzene rings is 1. The van der Waals surface area contributed by atoms with Crippen LogP contribution in [0.3, 0.4) is 0 Å². The van der Waals surface area contributed by atoms with Crippen molar-refractivity contribution in [1.82, 2.24) is 5.32 Å². The maximum absolute atomic E-state index is 12.9. The Balaban J connectivity index is 2.56. The molecule has 4 nitrogen and oxygen atoms in total. The fourth-order valence-electron chi connectivity index (χ4n) is 1.47. The smallest absolute Gasteiger partial charge is 0.189 e. The van der Waals surface area contributed by atoms with Crippen LogP contribution in [0.2, 0.25) is 0 Å². The number of ether oxygens (including phenoxy) is 1. The lowest BCUT2D eigenvalue weighted by molar-refractivity contribution is 0.179. The molecular weight excluding hydrogens is 240 g/mol. The van der Waals surface area contributed by atoms with Crippen molar-refractivity contribution in [2.45, 2.75) is 19.5 Å². The average Bonchev–Trinajstić information content (AvgIpc) is 2.25. The zero-order valence-corrected chi connectivity index (χ0v) is 10.4. The Morgan fingerprint density at radius 2 is 2.00 bits per heavy atom. The van der Waals surface area contributed by atoms with Crippen LogP contribution in [0.5, 0.6) is 0 Å². The van der Waals surface area contributed by atoms with Crippen LogP contribution in [0, 0.1) is 11.6 Å². The van der Waals surface area contributed by atoms with Crippen LogP contribution in [0.1, 0.15) is 12.5 Å². The molecule has 0 aliphatic heterocycles. The van der Waals surface area contributed by atoms with Gasteiger partial charge in [0.15, 0.2) is 5.96 Å². The van der Waals surface area contributed by atoms with Crippen LogP contribution in [0.4, 0.5) is 8.78 Å². The van der Waals surface area contributed by atoms with Gasteiger partial charge in [0.25, 0.3) is 0 Å². The largest absolute Gasteiger partial charge is 0.383 e. The summed E-state index contributed by atoms with van der Waals surface area (Å²) in [6.07, 6.45) is 0. The number of aliphatic imine (C=N–C) groups is 1. The highest BCUT2D eigenvalue weighted by molar-refractivity contribution is 5.78. The zero-order chi connectivity index (χ0) is 13.5. The van der Waals surface area contributed by atoms with Crippen molar-refractivity contribution >= 4 is 5.96 Å². The lowest BCUT2D eigenvalue weighted by Gasteiger charge is -2.13. The highest BCUT2D eigenvalue weighted by Crippen LogP contribution is 2.08. The van der Waals surface area contributed by atoms with Crippen molar-refractivity contribution in [3.05, 3.63) is 35.4 Å². The molecule has 0 aromatic heterocycles. The molecule has 1 aromatic carbocycles. The molecule has 6 heteroatoms. The number of hydrogen-bond acceptors (Lipinski definition) is 2. The van der Waals surface area contributed by atoms with E-state index < -0.39 is 11.6 Å². The molecule has 0 radical (unpaired) electrons. The molecule has 0 aliphatic carbocycles. The normalized spacial score (nSPS) is 13.4. The predicted molar refractivity (Wildman–Crippen MR) is 66.2 cm³/mol. The van der Waals surface area contributed by atoms with Crippen molar-refractivity contribution in [3.8, 4) is 0 Å². The molecular formula is C12H17F2N3O. The summed E-state index contributed by atoms with van der Waals surface area (Å²) in [6.45, 7) is 2.49. The number of nitrogens with zero attached hydrogens (tertiary/aromatic N) is 1. The highest BCUT2D eigenvalue weighted by Gasteiger charge is 2.03. The quantitative estimate of drug-likeness (QED) is 0.619. The van der Waals surface area contributed by atoms with Gasteiger partial charge in [0, 0.05) is 19.2 Å². The van der Waals surface area contributed by atoms with Crippen LogP contribution in [-0.2, 0) is 11.3 Å². The van der Waals surface area contributed by atoms with E-state index in [0.717, 1.165) is 6.07 Å². The van der Waals surface area contributed by atoms with Crippen molar-refractivity contribution in [1.29, 1.82) is 0 Å². The van der Waals surface area contributed by atoms with E-state index in [1.807, 2.05) is 6.92 Å². The van der Waals surface area contributed by atoms with Gasteiger partial charge in [0.2, 0.25) is 0 Å². The number of nitrogens with one attached hydrogen (secondary N) is 1. The topological polar surface area (TPSA) is 59.6 Å². The molecule has 0 unspecified atom stereocenters. The highest BCUT2D eigenvalue weighted by atomic mass is 19.1. The van der Waals surface area contributed by atoms with Gasteiger partial charge < -0.3 is 15.8 Å². The molecule has 0 bridgehead atoms. The lowest BCUT2D eigenvalue weighted by Crippen LogP contribution is -2.40. The van der Waals surface area contributed by atoms with E-state index >= 15 is 0 Å². The first-order valence-electron chi connectivity index (χ1n) is 5.51. The molecule has 3 N–H and O–H groups in total. The third kappa shape index (κ3) is 5.09. The SMILES string of the molecule is COC[C@H](C)NC(N)=NCc1cc(F)cc(F)c1. The summed E-state index contributed by atoms with van der Waals surface area (Å²) in [5, 5.41) is 2.90. The number of hydrogen-bond donors (Lipinski definition) is 2. The summed E-state index contributed by atoms with van der Waals surface area (Å²) in [7, 11) is 1.58. The second-order valence-electron chi connectivity index (χ2n) is 3.98. The molecule has 1 aromatic rings. The minimum absolute atomic E-state index is 0.0167. The van der Waals surface area contributed by atoms with Crippen LogP contribution < -0.4 is 11.1 Å². The number of methoxy groups -OCH3 is 1. The maximum Gasteiger partial charge on any atom is 0.189 e. The van der Waals surface area contributed by atoms with Crippen LogP contribution >= 0.6 is 0 Å². The third-order valence-corrected chi connectivity index (χ3v) is 2.17. The van der Waals surface area contributed by atoms with Gasteiger partial charge in [-0.3, -0.25) is 0 Å². The summed E-state index contributed by atoms with van der Waals surface area (Å²) in [5.74, 6) is -1.04. The molecule has 0 heterocycles. The number of nitrogens with two attached hydrogens (primary N) is 1. The minimum Gasteiger partial charge on any atom is -0.383 e. The Morgan fingerprint density at radius 1 is 1.39 bits per heavy atom. The van der Waals surface area contributed by atoms with Gasteiger partial charge in [-0.2, -0.15) is 0 Å². The van der Waals surface area contributed by atoms with E-state index in [0.29, 0.717) is 12.2 Å². The summed E-state index contributed by atoms with van der Waals surface area (Å²) in [4.78, 5) is 3.99. The van der Waals surface area contributed by atoms with Gasteiger partial charge in [-0.15, -0.1) is 0 Å². The minimum atomic E-state index is -0.625. The first-order chi connectivity index (χ1) is 8.51. The molecule has 100 valence electrons. The van der Waals surface area contributed by atoms with E-state index in [2.05, 4.69) is 10.3 Å². The molecule has 1 atom stereocenters. The van der Waals surface area contributed by atoms with Gasteiger partial charge in [-0.25, -0.2) is 13.8 Å². The standard InChI is InChI=1S/C12H17F2N3O/c1-8(7-18-2)17-12(15)16-6-9-3-10(13)5-11(14)4-9/h3-5,8H,6-7H2,1-2H3,(H3,15,16,17)/t8-/m0/s1. The van der Waals surface area contributed by atoms with Gasteiger partial charge in [0.05, 0.1) is 13.2 Å². The average molecular weight is 257 g/mol. The Labute approximate surface area is 105 Å². The first kappa shape index (κ1) is 14.4. The van der Waals surface area contributed by atoms with E-state index in [1.54, 1.807) is 7.11 Å². The molecule has 0 amide bonds. The number of guanidine groups is 1. The Bertz CT molecular complexity index is 404. The maximum atomic E-state index is 12.9. The number of halogens is 2. The van der Waals surface area contributed by atoms with Crippen molar-refractivity contribution in [3.63, 3.8) is 0 Å². The van der Waals surface area contributed by atoms with E-state index in [4.69, 9.17) is 10.5 Å². The van der Waals surface area contributed by atoms with Crippen molar-refractivity contribution in [2.75, 3.05) is 13.7 Å². The summed E-state index contributed by atoms with van der Waals surface area (Å²) < 4.78 is 30.7. The zero-order valence-electron chi connectivity index (χ0n) is 10.4. The van der Waals surface area contributed by atoms with Gasteiger partial charge in [0.1, 0.15) is 11.6 Å². The van der Waals surface area contributed by atoms with Gasteiger partial charge in [-0.1, -0.05) is 0 Å². The first-order valence-corrected chi connectivity index (χ1v) is 5.51. The molecule has 0 saturated heterocycles. The van der Waals surface area contributed by atoms with Crippen molar-refractivity contribution in [2.24, 2.45) is 10.7 Å². The molecule has 18 heavy (non-hydrogen) atoms. The van der Waals surface area contributed by atoms with Gasteiger partial charge in [-0.05, 0) is 24.6 Å². The third-order valence-electron chi connectivity index (χ3n) is 2.17. The Morgan fingerprint density at radius 3 is 2.56 bits per heavy atom. The molecule has 0 spiro atoms. The predicted octanol–water partition coefficient (Wildman–Crippen LogP) is 1.40. The number of rotatable bonds is 5. The Hall–Kier alpha value is -1.69. The van der Waals surface area contributed by atoms with Crippen molar-refractivity contribution < 1.29 is 13.5 Å². The molecule has 0 saturated carbocycles. The Kier molecular flexibility index (Phi) is 5.51.